The molecule has 0 aliphatic carbocycles. The van der Waals surface area contributed by atoms with Gasteiger partial charge in [-0.05, 0) is 23.8 Å². The van der Waals surface area contributed by atoms with Crippen molar-refractivity contribution >= 4 is 22.7 Å². The maximum atomic E-state index is 14.8. The molecule has 0 spiro atoms. The summed E-state index contributed by atoms with van der Waals surface area (Å²) >= 11 is 0. The monoisotopic (exact) mass is 424 g/mol. The standard InChI is InChI=1S/C21H21FN6O3/c22-18-10-25-19(26-14-4-2-1-3-13(14)16-11-30-8-7-24-16)28-21(18,23)12-5-6-17-15(9-12)27-20(29)31-17/h1-6,9-10,16,24H,7-8,11,23H2,(H,27,29)(H2,25,26,28). The number of nitrogens with two attached hydrogens (primary N) is 1. The molecule has 2 unspecified atom stereocenters. The summed E-state index contributed by atoms with van der Waals surface area (Å²) in [5, 5.41) is 9.58. The third kappa shape index (κ3) is 3.61. The lowest BCUT2D eigenvalue weighted by Crippen LogP contribution is -2.56. The SMILES string of the molecule is NC1(c2ccc3oc(=O)[nH]c3c2)NC(Nc2ccccc2C2COCCN2)=NC=C1F. The van der Waals surface area contributed by atoms with E-state index in [1.54, 1.807) is 18.2 Å². The first kappa shape index (κ1) is 19.5. The number of hydrogen-bond acceptors (Lipinski definition) is 8. The number of nitrogens with one attached hydrogen (secondary N) is 4. The third-order valence-electron chi connectivity index (χ3n) is 5.38. The van der Waals surface area contributed by atoms with Gasteiger partial charge in [-0.1, -0.05) is 24.3 Å². The minimum absolute atomic E-state index is 0.0249. The minimum Gasteiger partial charge on any atom is -0.408 e. The van der Waals surface area contributed by atoms with E-state index in [4.69, 9.17) is 14.9 Å². The Morgan fingerprint density at radius 2 is 2.13 bits per heavy atom. The smallest absolute Gasteiger partial charge is 0.408 e. The van der Waals surface area contributed by atoms with Crippen molar-refractivity contribution in [2.45, 2.75) is 11.7 Å². The van der Waals surface area contributed by atoms with E-state index >= 15 is 0 Å². The van der Waals surface area contributed by atoms with Crippen molar-refractivity contribution in [3.8, 4) is 0 Å². The van der Waals surface area contributed by atoms with E-state index in [0.29, 0.717) is 29.9 Å². The number of para-hydroxylation sites is 1. The van der Waals surface area contributed by atoms with Gasteiger partial charge in [0.25, 0.3) is 0 Å². The number of rotatable bonds is 3. The molecular weight excluding hydrogens is 403 g/mol. The Morgan fingerprint density at radius 3 is 2.97 bits per heavy atom. The second kappa shape index (κ2) is 7.65. The van der Waals surface area contributed by atoms with Gasteiger partial charge in [-0.25, -0.2) is 14.2 Å². The van der Waals surface area contributed by atoms with Crippen LogP contribution in [0.2, 0.25) is 0 Å². The molecule has 31 heavy (non-hydrogen) atoms. The molecule has 2 aliphatic heterocycles. The number of nitrogens with zero attached hydrogens (tertiary/aromatic N) is 1. The zero-order valence-electron chi connectivity index (χ0n) is 16.4. The van der Waals surface area contributed by atoms with Crippen LogP contribution < -0.4 is 27.4 Å². The van der Waals surface area contributed by atoms with Gasteiger partial charge in [-0.2, -0.15) is 0 Å². The lowest BCUT2D eigenvalue weighted by atomic mass is 9.97. The summed E-state index contributed by atoms with van der Waals surface area (Å²) in [6.07, 6.45) is 1.08. The fourth-order valence-corrected chi connectivity index (χ4v) is 3.78. The number of H-pyrrole nitrogens is 1. The largest absolute Gasteiger partial charge is 0.417 e. The first-order chi connectivity index (χ1) is 15.0. The van der Waals surface area contributed by atoms with Gasteiger partial charge in [-0.15, -0.1) is 0 Å². The predicted molar refractivity (Wildman–Crippen MR) is 114 cm³/mol. The molecule has 6 N–H and O–H groups in total. The van der Waals surface area contributed by atoms with Crippen LogP contribution in [0.4, 0.5) is 10.1 Å². The molecule has 3 heterocycles. The van der Waals surface area contributed by atoms with E-state index in [1.165, 1.54) is 0 Å². The minimum atomic E-state index is -1.67. The Kier molecular flexibility index (Phi) is 4.81. The number of aromatic nitrogens is 1. The van der Waals surface area contributed by atoms with Gasteiger partial charge >= 0.3 is 5.76 Å². The molecule has 0 saturated carbocycles. The van der Waals surface area contributed by atoms with Crippen LogP contribution in [0.5, 0.6) is 0 Å². The molecule has 0 bridgehead atoms. The molecule has 0 amide bonds. The number of aromatic amines is 1. The van der Waals surface area contributed by atoms with Crippen molar-refractivity contribution in [2.75, 3.05) is 25.1 Å². The van der Waals surface area contributed by atoms with Crippen LogP contribution in [0, 0.1) is 0 Å². The molecule has 5 rings (SSSR count). The molecule has 10 heteroatoms. The molecule has 1 saturated heterocycles. The van der Waals surface area contributed by atoms with E-state index in [-0.39, 0.29) is 12.0 Å². The second-order valence-corrected chi connectivity index (χ2v) is 7.41. The van der Waals surface area contributed by atoms with Crippen molar-refractivity contribution in [3.05, 3.63) is 76.2 Å². The van der Waals surface area contributed by atoms with Gasteiger partial charge in [0.05, 0.1) is 31.0 Å². The number of ether oxygens (including phenoxy) is 1. The summed E-state index contributed by atoms with van der Waals surface area (Å²) in [6.45, 7) is 1.99. The Labute approximate surface area is 176 Å². The van der Waals surface area contributed by atoms with Crippen LogP contribution in [0.25, 0.3) is 11.1 Å². The van der Waals surface area contributed by atoms with Crippen LogP contribution in [-0.4, -0.2) is 30.7 Å². The van der Waals surface area contributed by atoms with Gasteiger partial charge < -0.3 is 25.1 Å². The second-order valence-electron chi connectivity index (χ2n) is 7.41. The van der Waals surface area contributed by atoms with Gasteiger partial charge in [0.2, 0.25) is 5.96 Å². The van der Waals surface area contributed by atoms with Crippen LogP contribution in [0.3, 0.4) is 0 Å². The zero-order chi connectivity index (χ0) is 21.4. The summed E-state index contributed by atoms with van der Waals surface area (Å²) in [4.78, 5) is 18.1. The molecule has 0 radical (unpaired) electrons. The Bertz CT molecular complexity index is 1240. The summed E-state index contributed by atoms with van der Waals surface area (Å²) in [5.74, 6) is -0.973. The number of guanidine groups is 1. The number of oxazole rings is 1. The lowest BCUT2D eigenvalue weighted by molar-refractivity contribution is 0.0771. The number of anilines is 1. The molecule has 1 aromatic heterocycles. The normalized spacial score (nSPS) is 23.7. The Hall–Kier alpha value is -3.47. The van der Waals surface area contributed by atoms with E-state index in [9.17, 15) is 9.18 Å². The lowest BCUT2D eigenvalue weighted by Gasteiger charge is -2.34. The highest BCUT2D eigenvalue weighted by Gasteiger charge is 2.37. The number of morpholine rings is 1. The van der Waals surface area contributed by atoms with Crippen LogP contribution in [-0.2, 0) is 10.4 Å². The van der Waals surface area contributed by atoms with Gasteiger partial charge in [0, 0.05) is 17.8 Å². The van der Waals surface area contributed by atoms with Crippen molar-refractivity contribution < 1.29 is 13.5 Å². The Morgan fingerprint density at radius 1 is 1.26 bits per heavy atom. The van der Waals surface area contributed by atoms with Crippen molar-refractivity contribution in [1.29, 1.82) is 0 Å². The fraction of sp³-hybridized carbons (Fsp3) is 0.238. The van der Waals surface area contributed by atoms with Crippen molar-refractivity contribution in [1.82, 2.24) is 15.6 Å². The molecule has 3 aromatic rings. The number of hydrogen-bond donors (Lipinski definition) is 5. The predicted octanol–water partition coefficient (Wildman–Crippen LogP) is 1.78. The summed E-state index contributed by atoms with van der Waals surface area (Å²) in [6, 6.07) is 12.5. The maximum Gasteiger partial charge on any atom is 0.417 e. The topological polar surface area (TPSA) is 130 Å². The number of fused-ring (bicyclic) bond motifs is 1. The van der Waals surface area contributed by atoms with E-state index in [0.717, 1.165) is 24.0 Å². The van der Waals surface area contributed by atoms with Crippen molar-refractivity contribution in [2.24, 2.45) is 10.7 Å². The molecule has 9 nitrogen and oxygen atoms in total. The van der Waals surface area contributed by atoms with Crippen LogP contribution in [0.1, 0.15) is 17.2 Å². The molecule has 2 aromatic carbocycles. The quantitative estimate of drug-likeness (QED) is 0.433. The highest BCUT2D eigenvalue weighted by Crippen LogP contribution is 2.30. The number of halogens is 1. The van der Waals surface area contributed by atoms with E-state index in [1.807, 2.05) is 24.3 Å². The van der Waals surface area contributed by atoms with Crippen molar-refractivity contribution in [3.63, 3.8) is 0 Å². The Balaban J connectivity index is 1.44. The first-order valence-corrected chi connectivity index (χ1v) is 9.84. The van der Waals surface area contributed by atoms with Gasteiger partial charge in [0.1, 0.15) is 0 Å². The van der Waals surface area contributed by atoms with Crippen LogP contribution >= 0.6 is 0 Å². The molecule has 2 atom stereocenters. The van der Waals surface area contributed by atoms with Gasteiger partial charge in [0.15, 0.2) is 17.1 Å². The average molecular weight is 424 g/mol. The molecule has 160 valence electrons. The van der Waals surface area contributed by atoms with Gasteiger partial charge in [-0.3, -0.25) is 10.7 Å². The maximum absolute atomic E-state index is 14.8. The van der Waals surface area contributed by atoms with Crippen LogP contribution in [0.15, 0.2) is 68.7 Å². The average Bonchev–Trinajstić information content (AvgIpc) is 3.16. The summed E-state index contributed by atoms with van der Waals surface area (Å²) in [5.41, 5.74) is 7.73. The first-order valence-electron chi connectivity index (χ1n) is 9.84. The highest BCUT2D eigenvalue weighted by molar-refractivity contribution is 5.96. The molecule has 1 fully saturated rings. The summed E-state index contributed by atoms with van der Waals surface area (Å²) < 4.78 is 25.4. The fourth-order valence-electron chi connectivity index (χ4n) is 3.78. The highest BCUT2D eigenvalue weighted by atomic mass is 19.1. The molecular formula is C21H21FN6O3. The van der Waals surface area contributed by atoms with E-state index < -0.39 is 17.2 Å². The molecule has 2 aliphatic rings. The number of aliphatic imine (C=N–C) groups is 1. The zero-order valence-corrected chi connectivity index (χ0v) is 16.4. The third-order valence-corrected chi connectivity index (χ3v) is 5.38. The summed E-state index contributed by atoms with van der Waals surface area (Å²) in [7, 11) is 0. The van der Waals surface area contributed by atoms with E-state index in [2.05, 4.69) is 25.9 Å². The number of benzene rings is 2.